The fourth-order valence-electron chi connectivity index (χ4n) is 3.61. The van der Waals surface area contributed by atoms with Crippen molar-refractivity contribution in [2.24, 2.45) is 0 Å². The largest absolute Gasteiger partial charge is 0.472 e. The van der Waals surface area contributed by atoms with Crippen LogP contribution < -0.4 is 0 Å². The number of nitrogens with zero attached hydrogens (tertiary/aromatic N) is 1. The van der Waals surface area contributed by atoms with Crippen LogP contribution in [-0.4, -0.2) is 76.7 Å². The molecule has 8 heteroatoms. The minimum Gasteiger partial charge on any atom is -0.382 e. The lowest BCUT2D eigenvalue weighted by Crippen LogP contribution is -2.37. The van der Waals surface area contributed by atoms with Gasteiger partial charge in [0.25, 0.3) is 0 Å². The second-order valence-electron chi connectivity index (χ2n) is 10.5. The Bertz CT molecular complexity index is 538. The van der Waals surface area contributed by atoms with Crippen LogP contribution in [0.2, 0.25) is 0 Å². The maximum Gasteiger partial charge on any atom is 0.472 e. The maximum atomic E-state index is 12.2. The Hall–Kier alpha value is -0.270. The molecule has 0 amide bonds. The van der Waals surface area contributed by atoms with E-state index >= 15 is 0 Å². The molecule has 0 aliphatic carbocycles. The monoisotopic (exact) mass is 522 g/mol. The number of hydrogen-bond donors (Lipinski definition) is 1. The molecule has 0 rings (SSSR count). The molecule has 0 aromatic heterocycles. The van der Waals surface area contributed by atoms with E-state index in [-0.39, 0.29) is 19.8 Å². The van der Waals surface area contributed by atoms with Crippen LogP contribution >= 0.6 is 7.82 Å². The highest BCUT2D eigenvalue weighted by Crippen LogP contribution is 2.44. The van der Waals surface area contributed by atoms with Gasteiger partial charge in [-0.05, 0) is 32.1 Å². The molecule has 0 aromatic rings. The van der Waals surface area contributed by atoms with Crippen molar-refractivity contribution < 1.29 is 32.5 Å². The molecular weight excluding hydrogens is 465 g/mol. The number of methoxy groups -OCH3 is 1. The summed E-state index contributed by atoms with van der Waals surface area (Å²) in [6.07, 6.45) is 21.9. The van der Waals surface area contributed by atoms with Crippen LogP contribution in [0, 0.1) is 0 Å². The predicted molar refractivity (Wildman–Crippen MR) is 146 cm³/mol. The molecule has 0 radical (unpaired) electrons. The van der Waals surface area contributed by atoms with Crippen LogP contribution in [0.4, 0.5) is 0 Å². The molecule has 210 valence electrons. The van der Waals surface area contributed by atoms with Crippen LogP contribution in [0.3, 0.4) is 0 Å². The smallest absolute Gasteiger partial charge is 0.382 e. The van der Waals surface area contributed by atoms with E-state index in [2.05, 4.69) is 19.1 Å². The molecule has 0 heterocycles. The summed E-state index contributed by atoms with van der Waals surface area (Å²) in [4.78, 5) is 9.95. The number of likely N-dealkylation sites (N-methyl/N-ethyl adjacent to an activating group) is 1. The number of phosphoric acid groups is 1. The second-order valence-corrected chi connectivity index (χ2v) is 11.9. The topological polar surface area (TPSA) is 74.2 Å². The molecule has 7 nitrogen and oxygen atoms in total. The van der Waals surface area contributed by atoms with Crippen LogP contribution in [0.15, 0.2) is 12.2 Å². The quantitative estimate of drug-likeness (QED) is 0.0577. The van der Waals surface area contributed by atoms with Gasteiger partial charge in [0.15, 0.2) is 0 Å². The van der Waals surface area contributed by atoms with Crippen LogP contribution in [0.1, 0.15) is 96.8 Å². The summed E-state index contributed by atoms with van der Waals surface area (Å²) >= 11 is 0. The molecule has 1 unspecified atom stereocenters. The average molecular weight is 523 g/mol. The number of rotatable bonds is 26. The molecule has 2 atom stereocenters. The number of quaternary nitrogens is 1. The van der Waals surface area contributed by atoms with Crippen LogP contribution in [-0.2, 0) is 23.1 Å². The number of phosphoric ester groups is 1. The van der Waals surface area contributed by atoms with Gasteiger partial charge in [-0.3, -0.25) is 9.05 Å². The van der Waals surface area contributed by atoms with E-state index in [1.54, 1.807) is 0 Å². The summed E-state index contributed by atoms with van der Waals surface area (Å²) in [7, 11) is 3.37. The summed E-state index contributed by atoms with van der Waals surface area (Å²) in [5.41, 5.74) is 0. The Morgan fingerprint density at radius 1 is 0.800 bits per heavy atom. The zero-order chi connectivity index (χ0) is 26.3. The molecule has 0 saturated heterocycles. The zero-order valence-corrected chi connectivity index (χ0v) is 24.4. The summed E-state index contributed by atoms with van der Waals surface area (Å²) in [6.45, 7) is 4.02. The van der Waals surface area contributed by atoms with E-state index in [0.717, 1.165) is 12.8 Å². The first-order valence-corrected chi connectivity index (χ1v) is 15.4. The van der Waals surface area contributed by atoms with Crippen molar-refractivity contribution in [1.82, 2.24) is 0 Å². The summed E-state index contributed by atoms with van der Waals surface area (Å²) in [5.74, 6) is 0. The fraction of sp³-hybridized carbons (Fsp3) is 0.926. The summed E-state index contributed by atoms with van der Waals surface area (Å²) < 4.78 is 33.9. The Morgan fingerprint density at radius 2 is 1.34 bits per heavy atom. The van der Waals surface area contributed by atoms with Gasteiger partial charge in [-0.2, -0.15) is 0 Å². The fourth-order valence-corrected chi connectivity index (χ4v) is 4.48. The van der Waals surface area contributed by atoms with E-state index in [1.807, 2.05) is 21.1 Å². The van der Waals surface area contributed by atoms with Crippen molar-refractivity contribution in [3.8, 4) is 0 Å². The van der Waals surface area contributed by atoms with Gasteiger partial charge in [-0.1, -0.05) is 76.9 Å². The lowest BCUT2D eigenvalue weighted by atomic mass is 10.1. The van der Waals surface area contributed by atoms with Crippen molar-refractivity contribution in [3.05, 3.63) is 12.2 Å². The van der Waals surface area contributed by atoms with Crippen molar-refractivity contribution in [2.45, 2.75) is 103 Å². The van der Waals surface area contributed by atoms with Gasteiger partial charge in [-0.15, -0.1) is 0 Å². The second kappa shape index (κ2) is 22.9. The standard InChI is InChI=1S/C27H56NO6P/c1-6-7-8-9-10-11-12-13-14-15-16-17-18-19-20-21-23-32-26-27(25-31-5)34-35(29,30)33-24-22-28(2,3)4/h12-13,27H,6-11,14-26H2,1-5H3/p+1/t27-/m0/s1. The van der Waals surface area contributed by atoms with Crippen LogP contribution in [0.25, 0.3) is 0 Å². The maximum absolute atomic E-state index is 12.2. The molecular formula is C27H57NO6P+. The van der Waals surface area contributed by atoms with Crippen LogP contribution in [0.5, 0.6) is 0 Å². The van der Waals surface area contributed by atoms with Crippen molar-refractivity contribution in [3.63, 3.8) is 0 Å². The van der Waals surface area contributed by atoms with Crippen molar-refractivity contribution in [1.29, 1.82) is 0 Å². The van der Waals surface area contributed by atoms with Crippen molar-refractivity contribution in [2.75, 3.05) is 61.2 Å². The van der Waals surface area contributed by atoms with E-state index in [1.165, 1.54) is 84.2 Å². The third-order valence-corrected chi connectivity index (χ3v) is 6.83. The molecule has 0 spiro atoms. The first-order valence-electron chi connectivity index (χ1n) is 13.9. The Morgan fingerprint density at radius 3 is 1.89 bits per heavy atom. The molecule has 35 heavy (non-hydrogen) atoms. The summed E-state index contributed by atoms with van der Waals surface area (Å²) in [5, 5.41) is 0. The SMILES string of the molecule is CCCCCCCC=CCCCCCCCCCOC[C@H](COC)OP(=O)(O)OCC[N+](C)(C)C. The highest BCUT2D eigenvalue weighted by atomic mass is 31.2. The number of ether oxygens (including phenoxy) is 2. The minimum atomic E-state index is -4.13. The van der Waals surface area contributed by atoms with Crippen molar-refractivity contribution >= 4 is 7.82 Å². The highest BCUT2D eigenvalue weighted by Gasteiger charge is 2.27. The first-order chi connectivity index (χ1) is 16.7. The zero-order valence-electron chi connectivity index (χ0n) is 23.5. The van der Waals surface area contributed by atoms with Gasteiger partial charge in [0.05, 0.1) is 34.4 Å². The molecule has 0 fully saturated rings. The lowest BCUT2D eigenvalue weighted by molar-refractivity contribution is -0.870. The number of hydrogen-bond acceptors (Lipinski definition) is 5. The Labute approximate surface area is 216 Å². The van der Waals surface area contributed by atoms with E-state index in [9.17, 15) is 9.46 Å². The first kappa shape index (κ1) is 34.7. The van der Waals surface area contributed by atoms with Gasteiger partial charge in [0.1, 0.15) is 19.3 Å². The predicted octanol–water partition coefficient (Wildman–Crippen LogP) is 6.90. The number of unbranched alkanes of at least 4 members (excludes halogenated alkanes) is 12. The molecule has 0 saturated carbocycles. The Balaban J connectivity index is 3.66. The Kier molecular flexibility index (Phi) is 22.7. The highest BCUT2D eigenvalue weighted by molar-refractivity contribution is 7.47. The molecule has 0 aliphatic heterocycles. The molecule has 0 aromatic carbocycles. The minimum absolute atomic E-state index is 0.147. The van der Waals surface area contributed by atoms with Gasteiger partial charge < -0.3 is 18.9 Å². The van der Waals surface area contributed by atoms with Gasteiger partial charge in [-0.25, -0.2) is 4.57 Å². The lowest BCUT2D eigenvalue weighted by Gasteiger charge is -2.25. The van der Waals surface area contributed by atoms with E-state index in [0.29, 0.717) is 17.6 Å². The molecule has 0 aliphatic rings. The third-order valence-electron chi connectivity index (χ3n) is 5.76. The van der Waals surface area contributed by atoms with E-state index in [4.69, 9.17) is 18.5 Å². The van der Waals surface area contributed by atoms with E-state index < -0.39 is 13.9 Å². The van der Waals surface area contributed by atoms with Gasteiger partial charge >= 0.3 is 7.82 Å². The van der Waals surface area contributed by atoms with Gasteiger partial charge in [0, 0.05) is 13.7 Å². The third kappa shape index (κ3) is 26.6. The normalized spacial score (nSPS) is 15.0. The average Bonchev–Trinajstić information content (AvgIpc) is 2.77. The van der Waals surface area contributed by atoms with Gasteiger partial charge in [0.2, 0.25) is 0 Å². The summed E-state index contributed by atoms with van der Waals surface area (Å²) in [6, 6.07) is 0. The number of allylic oxidation sites excluding steroid dienone is 2. The molecule has 0 bridgehead atoms. The molecule has 1 N–H and O–H groups in total.